The summed E-state index contributed by atoms with van der Waals surface area (Å²) < 4.78 is 0. The molecule has 2 fully saturated rings. The molecule has 0 atom stereocenters. The highest BCUT2D eigenvalue weighted by atomic mass is 16.6. The largest absolute Gasteiger partial charge is 0.366 e. The number of carbonyl (C=O) groups excluding carboxylic acids is 1. The van der Waals surface area contributed by atoms with Crippen LogP contribution in [0.5, 0.6) is 0 Å². The Kier molecular flexibility index (Phi) is 3.90. The van der Waals surface area contributed by atoms with Crippen molar-refractivity contribution < 1.29 is 9.72 Å². The molecule has 1 amide bonds. The van der Waals surface area contributed by atoms with Crippen molar-refractivity contribution in [2.45, 2.75) is 37.6 Å². The number of nitrogens with one attached hydrogen (secondary N) is 1. The van der Waals surface area contributed by atoms with E-state index in [0.29, 0.717) is 18.5 Å². The van der Waals surface area contributed by atoms with E-state index in [0.717, 1.165) is 32.4 Å². The zero-order chi connectivity index (χ0) is 16.4. The van der Waals surface area contributed by atoms with Gasteiger partial charge in [0, 0.05) is 24.7 Å². The molecule has 0 unspecified atom stereocenters. The van der Waals surface area contributed by atoms with Crippen molar-refractivity contribution in [3.8, 4) is 6.07 Å². The summed E-state index contributed by atoms with van der Waals surface area (Å²) in [5.41, 5.74) is -0.0810. The average molecular weight is 314 g/mol. The van der Waals surface area contributed by atoms with Crippen molar-refractivity contribution >= 4 is 17.3 Å². The van der Waals surface area contributed by atoms with E-state index in [1.54, 1.807) is 12.1 Å². The van der Waals surface area contributed by atoms with Crippen LogP contribution >= 0.6 is 0 Å². The van der Waals surface area contributed by atoms with Gasteiger partial charge in [-0.15, -0.1) is 0 Å². The first-order valence-corrected chi connectivity index (χ1v) is 7.82. The molecule has 1 aromatic carbocycles. The number of amides is 1. The van der Waals surface area contributed by atoms with Gasteiger partial charge in [-0.3, -0.25) is 14.9 Å². The quantitative estimate of drug-likeness (QED) is 0.679. The zero-order valence-electron chi connectivity index (χ0n) is 12.7. The summed E-state index contributed by atoms with van der Waals surface area (Å²) in [4.78, 5) is 25.2. The summed E-state index contributed by atoms with van der Waals surface area (Å²) in [6.07, 6.45) is 4.20. The molecular formula is C16H18N4O3. The third kappa shape index (κ3) is 2.84. The van der Waals surface area contributed by atoms with E-state index < -0.39 is 16.4 Å². The molecule has 1 N–H and O–H groups in total. The fourth-order valence-electron chi connectivity index (χ4n) is 3.12. The van der Waals surface area contributed by atoms with Gasteiger partial charge in [-0.1, -0.05) is 0 Å². The molecule has 120 valence electrons. The molecule has 0 radical (unpaired) electrons. The van der Waals surface area contributed by atoms with Crippen LogP contribution in [0.15, 0.2) is 18.2 Å². The number of nitro groups is 1. The normalized spacial score (nSPS) is 18.8. The molecule has 2 aliphatic rings. The maximum atomic E-state index is 12.3. The van der Waals surface area contributed by atoms with Gasteiger partial charge in [0.05, 0.1) is 11.0 Å². The van der Waals surface area contributed by atoms with E-state index in [-0.39, 0.29) is 11.3 Å². The van der Waals surface area contributed by atoms with Crippen molar-refractivity contribution in [3.05, 3.63) is 33.9 Å². The molecule has 23 heavy (non-hydrogen) atoms. The van der Waals surface area contributed by atoms with Crippen molar-refractivity contribution in [3.63, 3.8) is 0 Å². The minimum atomic E-state index is -0.806. The molecular weight excluding hydrogens is 296 g/mol. The third-order valence-corrected chi connectivity index (χ3v) is 4.65. The van der Waals surface area contributed by atoms with Gasteiger partial charge in [0.1, 0.15) is 11.2 Å². The number of anilines is 1. The van der Waals surface area contributed by atoms with Crippen molar-refractivity contribution in [1.29, 1.82) is 5.26 Å². The first-order valence-electron chi connectivity index (χ1n) is 7.82. The van der Waals surface area contributed by atoms with Crippen LogP contribution in [-0.2, 0) is 0 Å². The Bertz CT molecular complexity index is 685. The van der Waals surface area contributed by atoms with Crippen LogP contribution in [-0.4, -0.2) is 29.5 Å². The molecule has 0 spiro atoms. The lowest BCUT2D eigenvalue weighted by Crippen LogP contribution is -2.52. The minimum absolute atomic E-state index is 0.0563. The number of nitro benzene ring substituents is 1. The summed E-state index contributed by atoms with van der Waals surface area (Å²) in [5, 5.41) is 23.3. The molecule has 1 saturated heterocycles. The molecule has 3 rings (SSSR count). The fourth-order valence-corrected chi connectivity index (χ4v) is 3.12. The Labute approximate surface area is 134 Å². The van der Waals surface area contributed by atoms with Gasteiger partial charge >= 0.3 is 0 Å². The Morgan fingerprint density at radius 1 is 1.30 bits per heavy atom. The van der Waals surface area contributed by atoms with E-state index in [4.69, 9.17) is 0 Å². The number of nitrogens with zero attached hydrogens (tertiary/aromatic N) is 3. The van der Waals surface area contributed by atoms with Crippen molar-refractivity contribution in [1.82, 2.24) is 5.32 Å². The SMILES string of the molecule is N#CC1(NC(=O)c2ccc(N3CCCC3)c([N+](=O)[O-])c2)CCC1. The lowest BCUT2D eigenvalue weighted by Gasteiger charge is -2.35. The van der Waals surface area contributed by atoms with E-state index in [9.17, 15) is 20.2 Å². The predicted octanol–water partition coefficient (Wildman–Crippen LogP) is 2.37. The van der Waals surface area contributed by atoms with Crippen LogP contribution in [0.1, 0.15) is 42.5 Å². The van der Waals surface area contributed by atoms with Gasteiger partial charge in [0.25, 0.3) is 11.6 Å². The summed E-state index contributed by atoms with van der Waals surface area (Å²) in [5.74, 6) is -0.428. The third-order valence-electron chi connectivity index (χ3n) is 4.65. The van der Waals surface area contributed by atoms with Crippen LogP contribution < -0.4 is 10.2 Å². The van der Waals surface area contributed by atoms with Gasteiger partial charge in [0.2, 0.25) is 0 Å². The maximum absolute atomic E-state index is 12.3. The Balaban J connectivity index is 1.85. The summed E-state index contributed by atoms with van der Waals surface area (Å²) in [6.45, 7) is 1.59. The highest BCUT2D eigenvalue weighted by molar-refractivity contribution is 5.96. The standard InChI is InChI=1S/C16H18N4O3/c17-11-16(6-3-7-16)18-15(21)12-4-5-13(14(10-12)20(22)23)19-8-1-2-9-19/h4-5,10H,1-3,6-9H2,(H,18,21). The Morgan fingerprint density at radius 3 is 2.52 bits per heavy atom. The molecule has 1 aliphatic carbocycles. The zero-order valence-corrected chi connectivity index (χ0v) is 12.7. The predicted molar refractivity (Wildman–Crippen MR) is 84.2 cm³/mol. The highest BCUT2D eigenvalue weighted by Gasteiger charge is 2.39. The van der Waals surface area contributed by atoms with Crippen LogP contribution in [0, 0.1) is 21.4 Å². The summed E-state index contributed by atoms with van der Waals surface area (Å²) in [6, 6.07) is 6.68. The minimum Gasteiger partial charge on any atom is -0.366 e. The lowest BCUT2D eigenvalue weighted by molar-refractivity contribution is -0.384. The average Bonchev–Trinajstić information content (AvgIpc) is 3.04. The van der Waals surface area contributed by atoms with Gasteiger partial charge in [0.15, 0.2) is 0 Å². The van der Waals surface area contributed by atoms with E-state index in [1.165, 1.54) is 6.07 Å². The fraction of sp³-hybridized carbons (Fsp3) is 0.500. The van der Waals surface area contributed by atoms with Crippen molar-refractivity contribution in [2.75, 3.05) is 18.0 Å². The molecule has 0 aromatic heterocycles. The molecule has 7 heteroatoms. The maximum Gasteiger partial charge on any atom is 0.293 e. The van der Waals surface area contributed by atoms with E-state index in [1.807, 2.05) is 4.90 Å². The Morgan fingerprint density at radius 2 is 2.00 bits per heavy atom. The van der Waals surface area contributed by atoms with Gasteiger partial charge in [-0.05, 0) is 44.2 Å². The summed E-state index contributed by atoms with van der Waals surface area (Å²) >= 11 is 0. The first-order chi connectivity index (χ1) is 11.0. The highest BCUT2D eigenvalue weighted by Crippen LogP contribution is 2.33. The Hall–Kier alpha value is -2.62. The topological polar surface area (TPSA) is 99.3 Å². The molecule has 1 aliphatic heterocycles. The monoisotopic (exact) mass is 314 g/mol. The van der Waals surface area contributed by atoms with Crippen LogP contribution in [0.2, 0.25) is 0 Å². The number of carbonyl (C=O) groups is 1. The number of hydrogen-bond acceptors (Lipinski definition) is 5. The lowest BCUT2D eigenvalue weighted by atomic mass is 9.78. The van der Waals surface area contributed by atoms with E-state index >= 15 is 0 Å². The van der Waals surface area contributed by atoms with Crippen molar-refractivity contribution in [2.24, 2.45) is 0 Å². The van der Waals surface area contributed by atoms with Crippen LogP contribution in [0.4, 0.5) is 11.4 Å². The second kappa shape index (κ2) is 5.88. The number of rotatable bonds is 4. The van der Waals surface area contributed by atoms with E-state index in [2.05, 4.69) is 11.4 Å². The molecule has 1 aromatic rings. The van der Waals surface area contributed by atoms with Gasteiger partial charge in [-0.2, -0.15) is 5.26 Å². The smallest absolute Gasteiger partial charge is 0.293 e. The number of benzene rings is 1. The molecule has 1 saturated carbocycles. The summed E-state index contributed by atoms with van der Waals surface area (Å²) in [7, 11) is 0. The van der Waals surface area contributed by atoms with Crippen LogP contribution in [0.25, 0.3) is 0 Å². The second-order valence-electron chi connectivity index (χ2n) is 6.16. The first kappa shape index (κ1) is 15.3. The van der Waals surface area contributed by atoms with Gasteiger partial charge < -0.3 is 10.2 Å². The second-order valence-corrected chi connectivity index (χ2v) is 6.16. The molecule has 7 nitrogen and oxygen atoms in total. The molecule has 0 bridgehead atoms. The van der Waals surface area contributed by atoms with Gasteiger partial charge in [-0.25, -0.2) is 0 Å². The number of nitriles is 1. The van der Waals surface area contributed by atoms with Crippen LogP contribution in [0.3, 0.4) is 0 Å². The molecule has 1 heterocycles. The number of hydrogen-bond donors (Lipinski definition) is 1.